The number of aliphatic carboxylic acids is 1. The Morgan fingerprint density at radius 2 is 2.28 bits per heavy atom. The Labute approximate surface area is 104 Å². The lowest BCUT2D eigenvalue weighted by atomic mass is 9.92. The molecular formula is C13H13N3O2. The minimum atomic E-state index is -0.737. The molecule has 3 rings (SSSR count). The van der Waals surface area contributed by atoms with Crippen LogP contribution in [0.1, 0.15) is 24.8 Å². The van der Waals surface area contributed by atoms with Crippen LogP contribution in [0.15, 0.2) is 36.7 Å². The molecule has 5 heteroatoms. The van der Waals surface area contributed by atoms with Gasteiger partial charge in [0.15, 0.2) is 0 Å². The summed E-state index contributed by atoms with van der Waals surface area (Å²) in [6.45, 7) is 0. The molecule has 1 fully saturated rings. The zero-order chi connectivity index (χ0) is 12.6. The normalized spacial score (nSPS) is 16.4. The van der Waals surface area contributed by atoms with Gasteiger partial charge < -0.3 is 5.11 Å². The van der Waals surface area contributed by atoms with Crippen LogP contribution in [0, 0.1) is 0 Å². The van der Waals surface area contributed by atoms with Crippen LogP contribution in [0.4, 0.5) is 0 Å². The van der Waals surface area contributed by atoms with Crippen LogP contribution in [-0.4, -0.2) is 26.1 Å². The maximum Gasteiger partial charge on any atom is 0.304 e. The molecule has 5 nitrogen and oxygen atoms in total. The number of hydrogen-bond donors (Lipinski definition) is 1. The van der Waals surface area contributed by atoms with Crippen molar-refractivity contribution in [3.63, 3.8) is 0 Å². The van der Waals surface area contributed by atoms with E-state index < -0.39 is 5.97 Å². The molecule has 1 aromatic heterocycles. The van der Waals surface area contributed by atoms with E-state index in [1.807, 2.05) is 24.3 Å². The van der Waals surface area contributed by atoms with Crippen LogP contribution in [0.25, 0.3) is 5.69 Å². The molecule has 92 valence electrons. The molecule has 1 N–H and O–H groups in total. The van der Waals surface area contributed by atoms with E-state index in [9.17, 15) is 4.79 Å². The third-order valence-corrected chi connectivity index (χ3v) is 3.49. The predicted octanol–water partition coefficient (Wildman–Crippen LogP) is 1.77. The Bertz CT molecular complexity index is 574. The summed E-state index contributed by atoms with van der Waals surface area (Å²) in [7, 11) is 0. The molecule has 0 amide bonds. The van der Waals surface area contributed by atoms with Crippen molar-refractivity contribution in [2.24, 2.45) is 0 Å². The average Bonchev–Trinajstić information content (AvgIpc) is 2.93. The molecule has 0 saturated heterocycles. The van der Waals surface area contributed by atoms with Crippen molar-refractivity contribution in [3.05, 3.63) is 42.2 Å². The highest BCUT2D eigenvalue weighted by Crippen LogP contribution is 2.51. The van der Waals surface area contributed by atoms with E-state index in [2.05, 4.69) is 10.3 Å². The number of rotatable bonds is 4. The van der Waals surface area contributed by atoms with Crippen LogP contribution in [0.3, 0.4) is 0 Å². The van der Waals surface area contributed by atoms with Crippen LogP contribution in [0.2, 0.25) is 0 Å². The molecule has 1 aromatic carbocycles. The fraction of sp³-hybridized carbons (Fsp3) is 0.308. The fourth-order valence-corrected chi connectivity index (χ4v) is 2.33. The van der Waals surface area contributed by atoms with Gasteiger partial charge >= 0.3 is 5.97 Å². The minimum Gasteiger partial charge on any atom is -0.481 e. The zero-order valence-electron chi connectivity index (χ0n) is 9.78. The van der Waals surface area contributed by atoms with Crippen molar-refractivity contribution in [2.45, 2.75) is 24.7 Å². The van der Waals surface area contributed by atoms with Gasteiger partial charge in [0.1, 0.15) is 0 Å². The molecule has 0 unspecified atom stereocenters. The number of benzene rings is 1. The summed E-state index contributed by atoms with van der Waals surface area (Å²) in [5, 5.41) is 16.7. The van der Waals surface area contributed by atoms with E-state index in [0.717, 1.165) is 24.1 Å². The maximum absolute atomic E-state index is 10.9. The first-order valence-corrected chi connectivity index (χ1v) is 5.89. The van der Waals surface area contributed by atoms with Crippen LogP contribution in [-0.2, 0) is 10.2 Å². The molecule has 1 heterocycles. The number of carboxylic acids is 1. The second kappa shape index (κ2) is 3.94. The summed E-state index contributed by atoms with van der Waals surface area (Å²) in [4.78, 5) is 10.9. The van der Waals surface area contributed by atoms with E-state index in [-0.39, 0.29) is 11.8 Å². The second-order valence-corrected chi connectivity index (χ2v) is 4.75. The molecule has 0 aliphatic heterocycles. The first-order valence-electron chi connectivity index (χ1n) is 5.89. The van der Waals surface area contributed by atoms with Gasteiger partial charge in [-0.25, -0.2) is 4.68 Å². The number of carboxylic acid groups (broad SMARTS) is 1. The molecular weight excluding hydrogens is 230 g/mol. The number of nitrogens with zero attached hydrogens (tertiary/aromatic N) is 3. The van der Waals surface area contributed by atoms with Crippen molar-refractivity contribution >= 4 is 5.97 Å². The van der Waals surface area contributed by atoms with E-state index in [4.69, 9.17) is 5.11 Å². The number of carbonyl (C=O) groups is 1. The van der Waals surface area contributed by atoms with Crippen molar-refractivity contribution in [2.75, 3.05) is 0 Å². The lowest BCUT2D eigenvalue weighted by Crippen LogP contribution is -2.13. The lowest BCUT2D eigenvalue weighted by Gasteiger charge is -2.14. The van der Waals surface area contributed by atoms with Gasteiger partial charge in [-0.1, -0.05) is 17.3 Å². The quantitative estimate of drug-likeness (QED) is 0.888. The summed E-state index contributed by atoms with van der Waals surface area (Å²) < 4.78 is 1.68. The molecule has 0 bridgehead atoms. The smallest absolute Gasteiger partial charge is 0.304 e. The van der Waals surface area contributed by atoms with Gasteiger partial charge in [0.05, 0.1) is 24.5 Å². The van der Waals surface area contributed by atoms with Crippen LogP contribution in [0.5, 0.6) is 0 Å². The van der Waals surface area contributed by atoms with Gasteiger partial charge in [0.2, 0.25) is 0 Å². The van der Waals surface area contributed by atoms with E-state index >= 15 is 0 Å². The summed E-state index contributed by atoms with van der Waals surface area (Å²) in [5.74, 6) is -0.737. The highest BCUT2D eigenvalue weighted by molar-refractivity contribution is 5.70. The summed E-state index contributed by atoms with van der Waals surface area (Å²) >= 11 is 0. The van der Waals surface area contributed by atoms with Crippen molar-refractivity contribution in [3.8, 4) is 5.69 Å². The van der Waals surface area contributed by atoms with Crippen molar-refractivity contribution < 1.29 is 9.90 Å². The van der Waals surface area contributed by atoms with Gasteiger partial charge in [-0.3, -0.25) is 4.79 Å². The molecule has 0 atom stereocenters. The van der Waals surface area contributed by atoms with Gasteiger partial charge in [-0.05, 0) is 30.5 Å². The largest absolute Gasteiger partial charge is 0.481 e. The average molecular weight is 243 g/mol. The Morgan fingerprint density at radius 3 is 2.89 bits per heavy atom. The third-order valence-electron chi connectivity index (χ3n) is 3.49. The van der Waals surface area contributed by atoms with E-state index in [1.54, 1.807) is 17.1 Å². The first kappa shape index (κ1) is 11.0. The minimum absolute atomic E-state index is 0.164. The Balaban J connectivity index is 1.95. The zero-order valence-corrected chi connectivity index (χ0v) is 9.78. The van der Waals surface area contributed by atoms with E-state index in [0.29, 0.717) is 0 Å². The van der Waals surface area contributed by atoms with Gasteiger partial charge in [0.25, 0.3) is 0 Å². The summed E-state index contributed by atoms with van der Waals surface area (Å²) in [6.07, 6.45) is 5.49. The Kier molecular flexibility index (Phi) is 2.40. The number of aromatic nitrogens is 3. The third kappa shape index (κ3) is 1.88. The van der Waals surface area contributed by atoms with Gasteiger partial charge in [0, 0.05) is 5.41 Å². The predicted molar refractivity (Wildman–Crippen MR) is 64.5 cm³/mol. The fourth-order valence-electron chi connectivity index (χ4n) is 2.33. The second-order valence-electron chi connectivity index (χ2n) is 4.75. The highest BCUT2D eigenvalue weighted by atomic mass is 16.4. The molecule has 1 saturated carbocycles. The van der Waals surface area contributed by atoms with Gasteiger partial charge in [-0.2, -0.15) is 0 Å². The molecule has 18 heavy (non-hydrogen) atoms. The first-order chi connectivity index (χ1) is 8.70. The lowest BCUT2D eigenvalue weighted by molar-refractivity contribution is -0.137. The molecule has 2 aromatic rings. The highest BCUT2D eigenvalue weighted by Gasteiger charge is 2.46. The van der Waals surface area contributed by atoms with Crippen molar-refractivity contribution in [1.29, 1.82) is 0 Å². The van der Waals surface area contributed by atoms with E-state index in [1.165, 1.54) is 0 Å². The topological polar surface area (TPSA) is 68.0 Å². The molecule has 1 aliphatic carbocycles. The number of hydrogen-bond acceptors (Lipinski definition) is 3. The monoisotopic (exact) mass is 243 g/mol. The maximum atomic E-state index is 10.9. The standard InChI is InChI=1S/C13H13N3O2/c17-12(18)9-13(4-5-13)10-2-1-3-11(8-10)16-7-6-14-15-16/h1-3,6-8H,4-5,9H2,(H,17,18). The SMILES string of the molecule is O=C(O)CC1(c2cccc(-n3ccnn3)c2)CC1. The summed E-state index contributed by atoms with van der Waals surface area (Å²) in [5.41, 5.74) is 1.84. The van der Waals surface area contributed by atoms with Crippen molar-refractivity contribution in [1.82, 2.24) is 15.0 Å². The molecule has 0 spiro atoms. The Morgan fingerprint density at radius 1 is 1.44 bits per heavy atom. The van der Waals surface area contributed by atoms with Gasteiger partial charge in [-0.15, -0.1) is 5.10 Å². The molecule has 1 aliphatic rings. The van der Waals surface area contributed by atoms with Crippen LogP contribution >= 0.6 is 0 Å². The summed E-state index contributed by atoms with van der Waals surface area (Å²) in [6, 6.07) is 7.88. The molecule has 0 radical (unpaired) electrons. The van der Waals surface area contributed by atoms with Crippen LogP contribution < -0.4 is 0 Å². The Hall–Kier alpha value is -2.17.